The lowest BCUT2D eigenvalue weighted by Gasteiger charge is -2.11. The summed E-state index contributed by atoms with van der Waals surface area (Å²) >= 11 is 5.93. The summed E-state index contributed by atoms with van der Waals surface area (Å²) in [6.45, 7) is 2.57. The third-order valence-electron chi connectivity index (χ3n) is 3.01. The molecule has 24 heavy (non-hydrogen) atoms. The molecule has 2 aromatic rings. The number of nitrogens with two attached hydrogens (primary N) is 1. The molecule has 0 spiro atoms. The molecule has 130 valence electrons. The van der Waals surface area contributed by atoms with Gasteiger partial charge in [-0.05, 0) is 36.8 Å². The van der Waals surface area contributed by atoms with E-state index < -0.39 is 10.1 Å². The van der Waals surface area contributed by atoms with Crippen molar-refractivity contribution < 1.29 is 22.2 Å². The van der Waals surface area contributed by atoms with Crippen molar-refractivity contribution in [2.75, 3.05) is 13.2 Å². The predicted molar refractivity (Wildman–Crippen MR) is 90.7 cm³/mol. The van der Waals surface area contributed by atoms with E-state index in [4.69, 9.17) is 26.4 Å². The van der Waals surface area contributed by atoms with Gasteiger partial charge in [0.1, 0.15) is 16.4 Å². The van der Waals surface area contributed by atoms with Gasteiger partial charge in [-0.2, -0.15) is 8.42 Å². The van der Waals surface area contributed by atoms with Crippen LogP contribution in [0.5, 0.6) is 11.5 Å². The highest BCUT2D eigenvalue weighted by molar-refractivity contribution is 7.87. The summed E-state index contributed by atoms with van der Waals surface area (Å²) < 4.78 is 35.5. The highest BCUT2D eigenvalue weighted by Crippen LogP contribution is 2.28. The molecule has 0 amide bonds. The molecule has 0 saturated heterocycles. The van der Waals surface area contributed by atoms with Crippen LogP contribution < -0.4 is 14.8 Å². The maximum Gasteiger partial charge on any atom is 0.340 e. The SMILES string of the molecule is Cc1cc(OCCCON)cc(OS(=O)(=O)c2ccccc2Cl)c1. The van der Waals surface area contributed by atoms with Gasteiger partial charge in [-0.3, -0.25) is 0 Å². The normalized spacial score (nSPS) is 11.3. The molecule has 0 radical (unpaired) electrons. The fourth-order valence-electron chi connectivity index (χ4n) is 2.00. The van der Waals surface area contributed by atoms with Gasteiger partial charge in [-0.15, -0.1) is 0 Å². The number of benzene rings is 2. The van der Waals surface area contributed by atoms with Crippen molar-refractivity contribution in [1.29, 1.82) is 0 Å². The molecule has 0 aliphatic heterocycles. The summed E-state index contributed by atoms with van der Waals surface area (Å²) in [7, 11) is -4.03. The van der Waals surface area contributed by atoms with Crippen molar-refractivity contribution in [1.82, 2.24) is 0 Å². The number of rotatable bonds is 8. The Bertz CT molecular complexity index is 795. The van der Waals surface area contributed by atoms with E-state index in [2.05, 4.69) is 4.84 Å². The van der Waals surface area contributed by atoms with Crippen LogP contribution in [0.3, 0.4) is 0 Å². The predicted octanol–water partition coefficient (Wildman–Crippen LogP) is 3.08. The fraction of sp³-hybridized carbons (Fsp3) is 0.250. The zero-order valence-corrected chi connectivity index (χ0v) is 14.6. The van der Waals surface area contributed by atoms with E-state index >= 15 is 0 Å². The zero-order chi connectivity index (χ0) is 17.6. The minimum absolute atomic E-state index is 0.0873. The summed E-state index contributed by atoms with van der Waals surface area (Å²) in [5.41, 5.74) is 0.798. The number of ether oxygens (including phenoxy) is 1. The van der Waals surface area contributed by atoms with Crippen LogP contribution in [0.15, 0.2) is 47.4 Å². The first-order valence-electron chi connectivity index (χ1n) is 7.17. The molecule has 8 heteroatoms. The molecule has 0 aromatic heterocycles. The van der Waals surface area contributed by atoms with Gasteiger partial charge in [-0.1, -0.05) is 23.7 Å². The Morgan fingerprint density at radius 1 is 1.08 bits per heavy atom. The smallest absolute Gasteiger partial charge is 0.340 e. The van der Waals surface area contributed by atoms with E-state index in [0.717, 1.165) is 5.56 Å². The van der Waals surface area contributed by atoms with Gasteiger partial charge in [0.15, 0.2) is 0 Å². The van der Waals surface area contributed by atoms with Crippen LogP contribution in [-0.2, 0) is 15.0 Å². The molecule has 0 heterocycles. The Morgan fingerprint density at radius 3 is 2.50 bits per heavy atom. The Balaban J connectivity index is 2.17. The average Bonchev–Trinajstić information content (AvgIpc) is 2.51. The Kier molecular flexibility index (Phi) is 6.44. The van der Waals surface area contributed by atoms with Gasteiger partial charge in [0.2, 0.25) is 0 Å². The second-order valence-corrected chi connectivity index (χ2v) is 6.94. The van der Waals surface area contributed by atoms with E-state index in [9.17, 15) is 8.42 Å². The number of aryl methyl sites for hydroxylation is 1. The highest BCUT2D eigenvalue weighted by Gasteiger charge is 2.20. The van der Waals surface area contributed by atoms with Crippen molar-refractivity contribution in [3.05, 3.63) is 53.1 Å². The van der Waals surface area contributed by atoms with Gasteiger partial charge >= 0.3 is 10.1 Å². The minimum atomic E-state index is -4.03. The molecule has 0 unspecified atom stereocenters. The van der Waals surface area contributed by atoms with Crippen LogP contribution >= 0.6 is 11.6 Å². The summed E-state index contributed by atoms with van der Waals surface area (Å²) in [6, 6.07) is 11.0. The molecule has 0 atom stereocenters. The number of hydrogen-bond acceptors (Lipinski definition) is 6. The van der Waals surface area contributed by atoms with E-state index in [-0.39, 0.29) is 15.7 Å². The molecule has 0 aliphatic rings. The molecule has 2 rings (SSSR count). The van der Waals surface area contributed by atoms with Gasteiger partial charge in [0, 0.05) is 12.5 Å². The molecule has 0 bridgehead atoms. The second kappa shape index (κ2) is 8.34. The van der Waals surface area contributed by atoms with Crippen molar-refractivity contribution in [2.45, 2.75) is 18.2 Å². The van der Waals surface area contributed by atoms with Crippen LogP contribution in [0.4, 0.5) is 0 Å². The highest BCUT2D eigenvalue weighted by atomic mass is 35.5. The van der Waals surface area contributed by atoms with E-state index in [1.54, 1.807) is 24.3 Å². The first-order valence-corrected chi connectivity index (χ1v) is 8.96. The van der Waals surface area contributed by atoms with Crippen LogP contribution in [0.25, 0.3) is 0 Å². The van der Waals surface area contributed by atoms with Crippen LogP contribution in [0.2, 0.25) is 5.02 Å². The first-order chi connectivity index (χ1) is 11.4. The monoisotopic (exact) mass is 371 g/mol. The van der Waals surface area contributed by atoms with Crippen molar-refractivity contribution in [2.24, 2.45) is 5.90 Å². The van der Waals surface area contributed by atoms with Crippen LogP contribution in [0, 0.1) is 6.92 Å². The minimum Gasteiger partial charge on any atom is -0.493 e. The third-order valence-corrected chi connectivity index (χ3v) is 4.76. The topological polar surface area (TPSA) is 87.8 Å². The Morgan fingerprint density at radius 2 is 1.79 bits per heavy atom. The molecule has 6 nitrogen and oxygen atoms in total. The Hall–Kier alpha value is -1.80. The van der Waals surface area contributed by atoms with E-state index in [1.165, 1.54) is 18.2 Å². The van der Waals surface area contributed by atoms with Crippen molar-refractivity contribution >= 4 is 21.7 Å². The summed E-state index contributed by atoms with van der Waals surface area (Å²) in [5.74, 6) is 5.59. The molecule has 0 saturated carbocycles. The average molecular weight is 372 g/mol. The maximum absolute atomic E-state index is 12.4. The lowest BCUT2D eigenvalue weighted by molar-refractivity contribution is 0.122. The van der Waals surface area contributed by atoms with E-state index in [0.29, 0.717) is 25.4 Å². The van der Waals surface area contributed by atoms with Gasteiger partial charge < -0.3 is 13.8 Å². The quantitative estimate of drug-likeness (QED) is 0.436. The Labute approximate surface area is 146 Å². The molecule has 2 N–H and O–H groups in total. The first kappa shape index (κ1) is 18.5. The lowest BCUT2D eigenvalue weighted by atomic mass is 10.2. The second-order valence-electron chi connectivity index (χ2n) is 5.02. The summed E-state index contributed by atoms with van der Waals surface area (Å²) in [6.07, 6.45) is 0.610. The molecule has 0 aliphatic carbocycles. The third kappa shape index (κ3) is 5.10. The number of hydrogen-bond donors (Lipinski definition) is 1. The number of halogens is 1. The van der Waals surface area contributed by atoms with Crippen molar-refractivity contribution in [3.63, 3.8) is 0 Å². The molecular weight excluding hydrogens is 354 g/mol. The van der Waals surface area contributed by atoms with E-state index in [1.807, 2.05) is 6.92 Å². The van der Waals surface area contributed by atoms with Crippen LogP contribution in [-0.4, -0.2) is 21.6 Å². The standard InChI is InChI=1S/C16H18ClNO5S/c1-12-9-13(21-7-4-8-22-18)11-14(10-12)23-24(19,20)16-6-3-2-5-15(16)17/h2-3,5-6,9-11H,4,7-8,18H2,1H3. The summed E-state index contributed by atoms with van der Waals surface area (Å²) in [5, 5.41) is 0.100. The van der Waals surface area contributed by atoms with Gasteiger partial charge in [0.05, 0.1) is 18.2 Å². The molecular formula is C16H18ClNO5S. The zero-order valence-electron chi connectivity index (χ0n) is 13.1. The lowest BCUT2D eigenvalue weighted by Crippen LogP contribution is -2.11. The maximum atomic E-state index is 12.4. The fourth-order valence-corrected chi connectivity index (χ4v) is 3.41. The molecule has 0 fully saturated rings. The van der Waals surface area contributed by atoms with Gasteiger partial charge in [0.25, 0.3) is 0 Å². The van der Waals surface area contributed by atoms with Crippen LogP contribution in [0.1, 0.15) is 12.0 Å². The summed E-state index contributed by atoms with van der Waals surface area (Å²) in [4.78, 5) is 4.37. The largest absolute Gasteiger partial charge is 0.493 e. The van der Waals surface area contributed by atoms with Crippen molar-refractivity contribution in [3.8, 4) is 11.5 Å². The molecule has 2 aromatic carbocycles. The van der Waals surface area contributed by atoms with Gasteiger partial charge in [-0.25, -0.2) is 5.90 Å².